The van der Waals surface area contributed by atoms with E-state index in [4.69, 9.17) is 11.6 Å². The molecule has 0 bridgehead atoms. The summed E-state index contributed by atoms with van der Waals surface area (Å²) in [7, 11) is -3.64. The van der Waals surface area contributed by atoms with Gasteiger partial charge in [0.05, 0.1) is 6.54 Å². The van der Waals surface area contributed by atoms with Crippen molar-refractivity contribution < 1.29 is 13.2 Å². The number of nitrogens with one attached hydrogen (secondary N) is 1. The number of hydrogen-bond acceptors (Lipinski definition) is 3. The van der Waals surface area contributed by atoms with Crippen molar-refractivity contribution in [2.75, 3.05) is 19.6 Å². The predicted octanol–water partition coefficient (Wildman–Crippen LogP) is 2.33. The van der Waals surface area contributed by atoms with Crippen molar-refractivity contribution in [3.05, 3.63) is 70.2 Å². The van der Waals surface area contributed by atoms with Gasteiger partial charge in [0.25, 0.3) is 10.2 Å². The SMILES string of the molecule is Cc1ccccc1CN1CCN(CC(=O)NCc2ccc(Cl)cc2)S1(=O)=O. The second-order valence-electron chi connectivity index (χ2n) is 6.50. The Hall–Kier alpha value is -1.93. The molecule has 6 nitrogen and oxygen atoms in total. The van der Waals surface area contributed by atoms with Gasteiger partial charge in [-0.3, -0.25) is 4.79 Å². The van der Waals surface area contributed by atoms with Crippen molar-refractivity contribution in [2.45, 2.75) is 20.0 Å². The molecular weight excluding hydrogens is 386 g/mol. The van der Waals surface area contributed by atoms with Gasteiger partial charge in [0.15, 0.2) is 0 Å². The van der Waals surface area contributed by atoms with Crippen LogP contribution in [0, 0.1) is 6.92 Å². The number of aryl methyl sites for hydroxylation is 1. The average Bonchev–Trinajstić information content (AvgIpc) is 2.91. The van der Waals surface area contributed by atoms with E-state index in [0.717, 1.165) is 16.7 Å². The van der Waals surface area contributed by atoms with Crippen LogP contribution in [0.4, 0.5) is 0 Å². The summed E-state index contributed by atoms with van der Waals surface area (Å²) < 4.78 is 28.1. The maximum absolute atomic E-state index is 12.7. The van der Waals surface area contributed by atoms with Crippen LogP contribution in [0.2, 0.25) is 5.02 Å². The Morgan fingerprint density at radius 2 is 1.74 bits per heavy atom. The molecule has 2 aromatic carbocycles. The quantitative estimate of drug-likeness (QED) is 0.798. The molecule has 0 atom stereocenters. The highest BCUT2D eigenvalue weighted by molar-refractivity contribution is 7.87. The van der Waals surface area contributed by atoms with Crippen molar-refractivity contribution in [1.29, 1.82) is 0 Å². The van der Waals surface area contributed by atoms with Gasteiger partial charge in [0, 0.05) is 31.2 Å². The Kier molecular flexibility index (Phi) is 6.16. The number of halogens is 1. The predicted molar refractivity (Wildman–Crippen MR) is 105 cm³/mol. The van der Waals surface area contributed by atoms with Crippen LogP contribution < -0.4 is 5.32 Å². The largest absolute Gasteiger partial charge is 0.351 e. The lowest BCUT2D eigenvalue weighted by Gasteiger charge is -2.19. The summed E-state index contributed by atoms with van der Waals surface area (Å²) >= 11 is 5.84. The fraction of sp³-hybridized carbons (Fsp3) is 0.316. The molecule has 1 saturated heterocycles. The molecule has 3 rings (SSSR count). The standard InChI is InChI=1S/C19H22ClN3O3S/c1-15-4-2-3-5-17(15)13-22-10-11-23(27(22,25)26)14-19(24)21-12-16-6-8-18(20)9-7-16/h2-9H,10-14H2,1H3,(H,21,24). The van der Waals surface area contributed by atoms with Crippen molar-refractivity contribution in [3.8, 4) is 0 Å². The highest BCUT2D eigenvalue weighted by Crippen LogP contribution is 2.20. The van der Waals surface area contributed by atoms with Gasteiger partial charge in [0.1, 0.15) is 0 Å². The normalized spacial score (nSPS) is 17.1. The maximum atomic E-state index is 12.7. The highest BCUT2D eigenvalue weighted by Gasteiger charge is 2.37. The van der Waals surface area contributed by atoms with Crippen molar-refractivity contribution in [1.82, 2.24) is 13.9 Å². The van der Waals surface area contributed by atoms with Gasteiger partial charge in [-0.2, -0.15) is 17.0 Å². The van der Waals surface area contributed by atoms with E-state index in [0.29, 0.717) is 31.2 Å². The topological polar surface area (TPSA) is 69.7 Å². The molecule has 27 heavy (non-hydrogen) atoms. The van der Waals surface area contributed by atoms with Crippen molar-refractivity contribution in [2.24, 2.45) is 0 Å². The number of nitrogens with zero attached hydrogens (tertiary/aromatic N) is 2. The second-order valence-corrected chi connectivity index (χ2v) is 8.87. The Balaban J connectivity index is 1.57. The first-order chi connectivity index (χ1) is 12.9. The van der Waals surface area contributed by atoms with E-state index in [1.807, 2.05) is 43.3 Å². The lowest BCUT2D eigenvalue weighted by Crippen LogP contribution is -2.40. The molecule has 1 amide bonds. The molecule has 8 heteroatoms. The summed E-state index contributed by atoms with van der Waals surface area (Å²) in [5, 5.41) is 3.38. The Morgan fingerprint density at radius 1 is 1.07 bits per heavy atom. The third-order valence-electron chi connectivity index (χ3n) is 4.58. The van der Waals surface area contributed by atoms with Gasteiger partial charge < -0.3 is 5.32 Å². The first-order valence-electron chi connectivity index (χ1n) is 8.67. The highest BCUT2D eigenvalue weighted by atomic mass is 35.5. The lowest BCUT2D eigenvalue weighted by molar-refractivity contribution is -0.121. The molecule has 1 aliphatic rings. The Morgan fingerprint density at radius 3 is 2.44 bits per heavy atom. The fourth-order valence-electron chi connectivity index (χ4n) is 2.93. The van der Waals surface area contributed by atoms with E-state index < -0.39 is 10.2 Å². The molecular formula is C19H22ClN3O3S. The summed E-state index contributed by atoms with van der Waals surface area (Å²) in [5.74, 6) is -0.328. The molecule has 0 saturated carbocycles. The van der Waals surface area contributed by atoms with Gasteiger partial charge in [-0.1, -0.05) is 48.0 Å². The van der Waals surface area contributed by atoms with Crippen LogP contribution in [0.5, 0.6) is 0 Å². The molecule has 2 aromatic rings. The molecule has 144 valence electrons. The van der Waals surface area contributed by atoms with E-state index in [1.54, 1.807) is 12.1 Å². The van der Waals surface area contributed by atoms with E-state index in [2.05, 4.69) is 5.32 Å². The lowest BCUT2D eigenvalue weighted by atomic mass is 10.1. The molecule has 1 aliphatic heterocycles. The van der Waals surface area contributed by atoms with Crippen molar-refractivity contribution >= 4 is 27.7 Å². The van der Waals surface area contributed by atoms with Gasteiger partial charge in [-0.25, -0.2) is 0 Å². The van der Waals surface area contributed by atoms with Crippen LogP contribution in [-0.2, 0) is 28.1 Å². The summed E-state index contributed by atoms with van der Waals surface area (Å²) in [6, 6.07) is 14.8. The van der Waals surface area contributed by atoms with Crippen LogP contribution in [0.3, 0.4) is 0 Å². The van der Waals surface area contributed by atoms with Crippen LogP contribution in [0.25, 0.3) is 0 Å². The summed E-state index contributed by atoms with van der Waals surface area (Å²) in [6.07, 6.45) is 0. The maximum Gasteiger partial charge on any atom is 0.282 e. The third kappa shape index (κ3) is 4.87. The molecule has 0 radical (unpaired) electrons. The minimum absolute atomic E-state index is 0.180. The van der Waals surface area contributed by atoms with Crippen LogP contribution in [0.15, 0.2) is 48.5 Å². The number of hydrogen-bond donors (Lipinski definition) is 1. The average molecular weight is 408 g/mol. The number of carbonyl (C=O) groups excluding carboxylic acids is 1. The second kappa shape index (κ2) is 8.39. The fourth-order valence-corrected chi connectivity index (χ4v) is 4.59. The molecule has 1 fully saturated rings. The monoisotopic (exact) mass is 407 g/mol. The molecule has 0 spiro atoms. The zero-order chi connectivity index (χ0) is 19.4. The van der Waals surface area contributed by atoms with Crippen molar-refractivity contribution in [3.63, 3.8) is 0 Å². The van der Waals surface area contributed by atoms with Gasteiger partial charge in [0.2, 0.25) is 5.91 Å². The minimum atomic E-state index is -3.64. The van der Waals surface area contributed by atoms with Crippen LogP contribution in [-0.4, -0.2) is 42.6 Å². The molecule has 0 aliphatic carbocycles. The molecule has 0 unspecified atom stereocenters. The smallest absolute Gasteiger partial charge is 0.282 e. The first-order valence-corrected chi connectivity index (χ1v) is 10.4. The first kappa shape index (κ1) is 19.8. The zero-order valence-corrected chi connectivity index (χ0v) is 16.6. The number of benzene rings is 2. The Bertz CT molecular complexity index is 916. The molecule has 0 aromatic heterocycles. The Labute approximate surface area is 164 Å². The number of carbonyl (C=O) groups is 1. The number of rotatable bonds is 6. The molecule has 1 N–H and O–H groups in total. The minimum Gasteiger partial charge on any atom is -0.351 e. The van der Waals surface area contributed by atoms with Gasteiger partial charge in [-0.15, -0.1) is 0 Å². The van der Waals surface area contributed by atoms with E-state index in [-0.39, 0.29) is 12.5 Å². The van der Waals surface area contributed by atoms with Crippen LogP contribution >= 0.6 is 11.6 Å². The summed E-state index contributed by atoms with van der Waals surface area (Å²) in [6.45, 7) is 3.11. The third-order valence-corrected chi connectivity index (χ3v) is 6.76. The van der Waals surface area contributed by atoms with E-state index >= 15 is 0 Å². The summed E-state index contributed by atoms with van der Waals surface area (Å²) in [5.41, 5.74) is 2.92. The van der Waals surface area contributed by atoms with E-state index in [9.17, 15) is 13.2 Å². The van der Waals surface area contributed by atoms with Crippen LogP contribution in [0.1, 0.15) is 16.7 Å². The number of amides is 1. The van der Waals surface area contributed by atoms with Gasteiger partial charge >= 0.3 is 0 Å². The van der Waals surface area contributed by atoms with E-state index in [1.165, 1.54) is 8.61 Å². The summed E-state index contributed by atoms with van der Waals surface area (Å²) in [4.78, 5) is 12.2. The molecule has 1 heterocycles. The van der Waals surface area contributed by atoms with Gasteiger partial charge in [-0.05, 0) is 35.7 Å². The zero-order valence-electron chi connectivity index (χ0n) is 15.1.